The van der Waals surface area contributed by atoms with Gasteiger partial charge in [-0.25, -0.2) is 4.79 Å². The molecule has 8 N–H and O–H groups in total. The van der Waals surface area contributed by atoms with E-state index in [2.05, 4.69) is 16.0 Å². The number of rotatable bonds is 14. The summed E-state index contributed by atoms with van der Waals surface area (Å²) in [6, 6.07) is 1.16. The summed E-state index contributed by atoms with van der Waals surface area (Å²) < 4.78 is 0. The van der Waals surface area contributed by atoms with Gasteiger partial charge >= 0.3 is 11.9 Å². The topological polar surface area (TPSA) is 208 Å². The van der Waals surface area contributed by atoms with Gasteiger partial charge in [-0.1, -0.05) is 32.4 Å². The molecule has 0 aliphatic rings. The standard InChI is InChI=1S/C23H34N4O8/c1-4-12(2)19(24)22(33)26-16(9-10-18(29)30)21(32)25-13(3)20(31)27-17(23(34)35)11-14-5-7-15(28)8-6-14/h5-8,12-13,16-17,19,28H,4,9-11,24H2,1-3H3,(H,25,32)(H,26,33)(H,27,31)(H,29,30)(H,34,35). The van der Waals surface area contributed by atoms with Crippen LogP contribution in [-0.2, 0) is 30.4 Å². The van der Waals surface area contributed by atoms with Crippen LogP contribution in [0.1, 0.15) is 45.6 Å². The molecule has 1 aromatic carbocycles. The Morgan fingerprint density at radius 3 is 1.97 bits per heavy atom. The van der Waals surface area contributed by atoms with Crippen molar-refractivity contribution in [3.8, 4) is 5.75 Å². The van der Waals surface area contributed by atoms with E-state index in [1.54, 1.807) is 6.92 Å². The van der Waals surface area contributed by atoms with Crippen LogP contribution < -0.4 is 21.7 Å². The minimum atomic E-state index is -1.30. The summed E-state index contributed by atoms with van der Waals surface area (Å²) in [6.07, 6.45) is -0.0855. The SMILES string of the molecule is CCC(C)C(N)C(=O)NC(CCC(=O)O)C(=O)NC(C)C(=O)NC(Cc1ccc(O)cc1)C(=O)O. The predicted octanol–water partition coefficient (Wildman–Crippen LogP) is -0.268. The van der Waals surface area contributed by atoms with Gasteiger partial charge in [0.1, 0.15) is 23.9 Å². The van der Waals surface area contributed by atoms with Crippen molar-refractivity contribution >= 4 is 29.7 Å². The zero-order valence-electron chi connectivity index (χ0n) is 20.0. The lowest BCUT2D eigenvalue weighted by Crippen LogP contribution is -2.57. The van der Waals surface area contributed by atoms with Crippen molar-refractivity contribution in [3.05, 3.63) is 29.8 Å². The number of hydrogen-bond donors (Lipinski definition) is 7. The molecule has 0 fully saturated rings. The number of aliphatic carboxylic acids is 2. The molecule has 0 aliphatic carbocycles. The molecule has 5 unspecified atom stereocenters. The molecular formula is C23H34N4O8. The van der Waals surface area contributed by atoms with E-state index in [0.717, 1.165) is 0 Å². The van der Waals surface area contributed by atoms with Gasteiger partial charge in [0.2, 0.25) is 17.7 Å². The molecule has 0 aliphatic heterocycles. The fourth-order valence-electron chi connectivity index (χ4n) is 3.06. The number of nitrogens with two attached hydrogens (primary N) is 1. The Balaban J connectivity index is 2.83. The molecule has 0 heterocycles. The van der Waals surface area contributed by atoms with Crippen LogP contribution in [0.15, 0.2) is 24.3 Å². The number of carbonyl (C=O) groups is 5. The molecule has 0 saturated heterocycles. The molecule has 12 nitrogen and oxygen atoms in total. The van der Waals surface area contributed by atoms with Gasteiger partial charge in [0, 0.05) is 12.8 Å². The highest BCUT2D eigenvalue weighted by atomic mass is 16.4. The van der Waals surface area contributed by atoms with Crippen molar-refractivity contribution in [2.75, 3.05) is 0 Å². The number of carbonyl (C=O) groups excluding carboxylic acids is 3. The lowest BCUT2D eigenvalue weighted by Gasteiger charge is -2.24. The summed E-state index contributed by atoms with van der Waals surface area (Å²) in [5.74, 6) is -4.85. The Morgan fingerprint density at radius 2 is 1.46 bits per heavy atom. The van der Waals surface area contributed by atoms with E-state index in [9.17, 15) is 34.2 Å². The average molecular weight is 495 g/mol. The van der Waals surface area contributed by atoms with Gasteiger partial charge < -0.3 is 37.0 Å². The van der Waals surface area contributed by atoms with E-state index < -0.39 is 60.2 Å². The maximum Gasteiger partial charge on any atom is 0.326 e. The smallest absolute Gasteiger partial charge is 0.326 e. The molecule has 1 rings (SSSR count). The van der Waals surface area contributed by atoms with Gasteiger partial charge in [0.15, 0.2) is 0 Å². The van der Waals surface area contributed by atoms with Gasteiger partial charge in [-0.3, -0.25) is 19.2 Å². The summed E-state index contributed by atoms with van der Waals surface area (Å²) in [5, 5.41) is 34.9. The van der Waals surface area contributed by atoms with Crippen molar-refractivity contribution in [2.24, 2.45) is 11.7 Å². The minimum Gasteiger partial charge on any atom is -0.508 e. The molecule has 0 spiro atoms. The molecule has 1 aromatic rings. The first-order valence-electron chi connectivity index (χ1n) is 11.2. The molecule has 0 aromatic heterocycles. The second-order valence-electron chi connectivity index (χ2n) is 8.41. The third-order valence-electron chi connectivity index (χ3n) is 5.58. The van der Waals surface area contributed by atoms with Crippen LogP contribution in [0.3, 0.4) is 0 Å². The van der Waals surface area contributed by atoms with Crippen LogP contribution in [0, 0.1) is 5.92 Å². The third kappa shape index (κ3) is 10.0. The zero-order valence-corrected chi connectivity index (χ0v) is 20.0. The van der Waals surface area contributed by atoms with Gasteiger partial charge in [0.05, 0.1) is 6.04 Å². The average Bonchev–Trinajstić information content (AvgIpc) is 2.80. The van der Waals surface area contributed by atoms with Gasteiger partial charge in [-0.15, -0.1) is 0 Å². The minimum absolute atomic E-state index is 0.00986. The molecule has 0 radical (unpaired) electrons. The summed E-state index contributed by atoms with van der Waals surface area (Å²) in [4.78, 5) is 60.3. The number of phenolic OH excluding ortho intramolecular Hbond substituents is 1. The van der Waals surface area contributed by atoms with Crippen LogP contribution in [-0.4, -0.2) is 69.1 Å². The number of carboxylic acid groups (broad SMARTS) is 2. The molecule has 12 heteroatoms. The third-order valence-corrected chi connectivity index (χ3v) is 5.58. The number of benzene rings is 1. The number of aromatic hydroxyl groups is 1. The van der Waals surface area contributed by atoms with Gasteiger partial charge in [0.25, 0.3) is 0 Å². The maximum absolute atomic E-state index is 12.7. The highest BCUT2D eigenvalue weighted by Gasteiger charge is 2.29. The van der Waals surface area contributed by atoms with E-state index in [1.807, 2.05) is 6.92 Å². The summed E-state index contributed by atoms with van der Waals surface area (Å²) in [5.41, 5.74) is 6.44. The Hall–Kier alpha value is -3.67. The summed E-state index contributed by atoms with van der Waals surface area (Å²) in [6.45, 7) is 4.94. The lowest BCUT2D eigenvalue weighted by molar-refractivity contribution is -0.142. The van der Waals surface area contributed by atoms with Crippen molar-refractivity contribution in [2.45, 2.75) is 70.6 Å². The van der Waals surface area contributed by atoms with Crippen LogP contribution in [0.2, 0.25) is 0 Å². The van der Waals surface area contributed by atoms with Crippen LogP contribution in [0.5, 0.6) is 5.75 Å². The van der Waals surface area contributed by atoms with E-state index in [1.165, 1.54) is 31.2 Å². The first-order chi connectivity index (χ1) is 16.3. The lowest BCUT2D eigenvalue weighted by atomic mass is 9.98. The molecule has 0 saturated carbocycles. The first-order valence-corrected chi connectivity index (χ1v) is 11.2. The number of hydrogen-bond acceptors (Lipinski definition) is 7. The Labute approximate surface area is 203 Å². The van der Waals surface area contributed by atoms with Gasteiger partial charge in [-0.05, 0) is 37.0 Å². The largest absolute Gasteiger partial charge is 0.508 e. The van der Waals surface area contributed by atoms with Gasteiger partial charge in [-0.2, -0.15) is 0 Å². The van der Waals surface area contributed by atoms with Crippen LogP contribution in [0.4, 0.5) is 0 Å². The molecule has 35 heavy (non-hydrogen) atoms. The summed E-state index contributed by atoms with van der Waals surface area (Å²) >= 11 is 0. The van der Waals surface area contributed by atoms with Crippen LogP contribution in [0.25, 0.3) is 0 Å². The second kappa shape index (κ2) is 13.9. The zero-order chi connectivity index (χ0) is 26.7. The fraction of sp³-hybridized carbons (Fsp3) is 0.522. The van der Waals surface area contributed by atoms with E-state index >= 15 is 0 Å². The first kappa shape index (κ1) is 29.4. The Kier molecular flexibility index (Phi) is 11.7. The second-order valence-corrected chi connectivity index (χ2v) is 8.41. The molecule has 5 atom stereocenters. The van der Waals surface area contributed by atoms with E-state index in [-0.39, 0.29) is 24.5 Å². The van der Waals surface area contributed by atoms with Crippen molar-refractivity contribution in [3.63, 3.8) is 0 Å². The molecule has 0 bridgehead atoms. The molecular weight excluding hydrogens is 460 g/mol. The van der Waals surface area contributed by atoms with Crippen LogP contribution >= 0.6 is 0 Å². The van der Waals surface area contributed by atoms with Crippen molar-refractivity contribution in [1.29, 1.82) is 0 Å². The quantitative estimate of drug-likeness (QED) is 0.181. The predicted molar refractivity (Wildman–Crippen MR) is 125 cm³/mol. The highest BCUT2D eigenvalue weighted by molar-refractivity contribution is 5.94. The Bertz CT molecular complexity index is 905. The molecule has 194 valence electrons. The fourth-order valence-corrected chi connectivity index (χ4v) is 3.06. The summed E-state index contributed by atoms with van der Waals surface area (Å²) in [7, 11) is 0. The number of nitrogens with one attached hydrogen (secondary N) is 3. The molecule has 3 amide bonds. The Morgan fingerprint density at radius 1 is 0.886 bits per heavy atom. The van der Waals surface area contributed by atoms with E-state index in [4.69, 9.17) is 10.8 Å². The highest BCUT2D eigenvalue weighted by Crippen LogP contribution is 2.12. The monoisotopic (exact) mass is 494 g/mol. The van der Waals surface area contributed by atoms with Crippen molar-refractivity contribution < 1.29 is 39.3 Å². The maximum atomic E-state index is 12.7. The number of amides is 3. The van der Waals surface area contributed by atoms with Crippen molar-refractivity contribution in [1.82, 2.24) is 16.0 Å². The normalized spacial score (nSPS) is 15.1. The number of phenols is 1. The van der Waals surface area contributed by atoms with E-state index in [0.29, 0.717) is 12.0 Å². The number of carboxylic acids is 2.